The average molecular weight is 407 g/mol. The Hall–Kier alpha value is -3.49. The van der Waals surface area contributed by atoms with Crippen molar-refractivity contribution < 1.29 is 37.4 Å². The van der Waals surface area contributed by atoms with E-state index in [2.05, 4.69) is 10.1 Å². The maximum atomic E-state index is 12.4. The van der Waals surface area contributed by atoms with Crippen molar-refractivity contribution >= 4 is 23.3 Å². The van der Waals surface area contributed by atoms with Crippen molar-refractivity contribution in [1.82, 2.24) is 0 Å². The third-order valence-electron chi connectivity index (χ3n) is 3.83. The van der Waals surface area contributed by atoms with E-state index in [0.717, 1.165) is 6.07 Å². The number of carbonyl (C=O) groups excluding carboxylic acids is 3. The summed E-state index contributed by atoms with van der Waals surface area (Å²) in [7, 11) is 1.23. The van der Waals surface area contributed by atoms with Crippen molar-refractivity contribution in [2.45, 2.75) is 26.6 Å². The van der Waals surface area contributed by atoms with Gasteiger partial charge in [0.15, 0.2) is 23.4 Å². The predicted molar refractivity (Wildman–Crippen MR) is 99.6 cm³/mol. The van der Waals surface area contributed by atoms with Gasteiger partial charge in [-0.15, -0.1) is 0 Å². The van der Waals surface area contributed by atoms with E-state index in [1.54, 1.807) is 24.3 Å². The van der Waals surface area contributed by atoms with Gasteiger partial charge < -0.3 is 19.5 Å². The number of Topliss-reactive ketones (excluding diaryl/α,β-unsaturated/α-hetero) is 1. The first-order valence-corrected chi connectivity index (χ1v) is 8.47. The largest absolute Gasteiger partial charge is 0.493 e. The van der Waals surface area contributed by atoms with Crippen LogP contribution in [-0.4, -0.2) is 37.5 Å². The van der Waals surface area contributed by atoms with E-state index in [4.69, 9.17) is 9.47 Å². The van der Waals surface area contributed by atoms with Crippen LogP contribution in [0.15, 0.2) is 42.5 Å². The van der Waals surface area contributed by atoms with E-state index in [0.29, 0.717) is 11.3 Å². The molecule has 0 aliphatic carbocycles. The number of ketones is 1. The van der Waals surface area contributed by atoms with Crippen LogP contribution in [0.1, 0.15) is 34.6 Å². The lowest BCUT2D eigenvalue weighted by Crippen LogP contribution is -2.30. The molecule has 7 nitrogen and oxygen atoms in total. The van der Waals surface area contributed by atoms with E-state index in [1.807, 2.05) is 0 Å². The van der Waals surface area contributed by atoms with Crippen molar-refractivity contribution in [3.8, 4) is 11.5 Å². The number of alkyl halides is 2. The summed E-state index contributed by atoms with van der Waals surface area (Å²) in [4.78, 5) is 35.7. The monoisotopic (exact) mass is 407 g/mol. The summed E-state index contributed by atoms with van der Waals surface area (Å²) in [5, 5.41) is 2.56. The molecule has 0 bridgehead atoms. The summed E-state index contributed by atoms with van der Waals surface area (Å²) < 4.78 is 39.0. The first-order chi connectivity index (χ1) is 13.7. The second kappa shape index (κ2) is 9.63. The summed E-state index contributed by atoms with van der Waals surface area (Å²) in [6, 6.07) is 9.75. The molecule has 0 aliphatic heterocycles. The molecule has 1 amide bonds. The molecule has 0 unspecified atom stereocenters. The molecule has 0 aliphatic rings. The minimum Gasteiger partial charge on any atom is -0.493 e. The zero-order valence-electron chi connectivity index (χ0n) is 15.9. The van der Waals surface area contributed by atoms with Gasteiger partial charge in [0.2, 0.25) is 0 Å². The van der Waals surface area contributed by atoms with Crippen LogP contribution in [0.5, 0.6) is 11.5 Å². The Morgan fingerprint density at radius 2 is 1.59 bits per heavy atom. The number of methoxy groups -OCH3 is 1. The Labute approximate surface area is 165 Å². The van der Waals surface area contributed by atoms with Crippen molar-refractivity contribution in [3.63, 3.8) is 0 Å². The smallest absolute Gasteiger partial charge is 0.387 e. The van der Waals surface area contributed by atoms with Crippen LogP contribution in [0.25, 0.3) is 0 Å². The maximum absolute atomic E-state index is 12.4. The average Bonchev–Trinajstić information content (AvgIpc) is 2.68. The molecule has 9 heteroatoms. The van der Waals surface area contributed by atoms with Crippen LogP contribution < -0.4 is 14.8 Å². The standard InChI is InChI=1S/C20H19F2NO6/c1-11(24)13-4-7-15(8-5-13)23-18(25)12(2)28-19(26)14-6-9-16(29-20(21)22)17(10-14)27-3/h4-10,12,20H,1-3H3,(H,23,25)/t12-/m0/s1. The Bertz CT molecular complexity index is 898. The molecular weight excluding hydrogens is 388 g/mol. The van der Waals surface area contributed by atoms with E-state index >= 15 is 0 Å². The molecule has 0 saturated heterocycles. The van der Waals surface area contributed by atoms with Gasteiger partial charge in [-0.1, -0.05) is 0 Å². The van der Waals surface area contributed by atoms with Crippen molar-refractivity contribution in [1.29, 1.82) is 0 Å². The molecule has 0 saturated carbocycles. The maximum Gasteiger partial charge on any atom is 0.387 e. The molecule has 0 spiro atoms. The molecule has 0 fully saturated rings. The predicted octanol–water partition coefficient (Wildman–Crippen LogP) is 3.68. The zero-order valence-corrected chi connectivity index (χ0v) is 15.9. The Morgan fingerprint density at radius 3 is 2.14 bits per heavy atom. The number of ether oxygens (including phenoxy) is 3. The van der Waals surface area contributed by atoms with Crippen LogP contribution >= 0.6 is 0 Å². The zero-order chi connectivity index (χ0) is 21.6. The fourth-order valence-electron chi connectivity index (χ4n) is 2.30. The SMILES string of the molecule is COc1cc(C(=O)O[C@@H](C)C(=O)Nc2ccc(C(C)=O)cc2)ccc1OC(F)F. The normalized spacial score (nSPS) is 11.5. The molecule has 154 valence electrons. The Morgan fingerprint density at radius 1 is 0.966 bits per heavy atom. The summed E-state index contributed by atoms with van der Waals surface area (Å²) in [5.74, 6) is -1.85. The van der Waals surface area contributed by atoms with E-state index in [9.17, 15) is 23.2 Å². The fourth-order valence-corrected chi connectivity index (χ4v) is 2.30. The van der Waals surface area contributed by atoms with Gasteiger partial charge in [-0.05, 0) is 56.3 Å². The Balaban J connectivity index is 2.02. The van der Waals surface area contributed by atoms with Crippen molar-refractivity contribution in [3.05, 3.63) is 53.6 Å². The second-order valence-electron chi connectivity index (χ2n) is 5.91. The minimum atomic E-state index is -3.05. The van der Waals surface area contributed by atoms with Crippen molar-refractivity contribution in [2.75, 3.05) is 12.4 Å². The molecule has 1 N–H and O–H groups in total. The number of hydrogen-bond acceptors (Lipinski definition) is 6. The van der Waals surface area contributed by atoms with Crippen LogP contribution in [-0.2, 0) is 9.53 Å². The minimum absolute atomic E-state index is 0.00562. The molecule has 0 heterocycles. The highest BCUT2D eigenvalue weighted by atomic mass is 19.3. The van der Waals surface area contributed by atoms with Gasteiger partial charge in [0.25, 0.3) is 5.91 Å². The molecular formula is C20H19F2NO6. The number of amides is 1. The van der Waals surface area contributed by atoms with Gasteiger partial charge in [-0.3, -0.25) is 9.59 Å². The first kappa shape index (κ1) is 21.8. The molecule has 1 atom stereocenters. The number of anilines is 1. The van der Waals surface area contributed by atoms with Crippen LogP contribution in [0.2, 0.25) is 0 Å². The highest BCUT2D eigenvalue weighted by Crippen LogP contribution is 2.29. The molecule has 2 aromatic carbocycles. The lowest BCUT2D eigenvalue weighted by molar-refractivity contribution is -0.123. The number of carbonyl (C=O) groups is 3. The number of halogens is 2. The first-order valence-electron chi connectivity index (χ1n) is 8.47. The molecule has 2 aromatic rings. The summed E-state index contributed by atoms with van der Waals surface area (Å²) in [6.07, 6.45) is -1.14. The number of nitrogens with one attached hydrogen (secondary N) is 1. The summed E-state index contributed by atoms with van der Waals surface area (Å²) >= 11 is 0. The third-order valence-corrected chi connectivity index (χ3v) is 3.83. The van der Waals surface area contributed by atoms with Gasteiger partial charge in [0, 0.05) is 11.3 Å². The highest BCUT2D eigenvalue weighted by Gasteiger charge is 2.21. The number of hydrogen-bond donors (Lipinski definition) is 1. The van der Waals surface area contributed by atoms with Gasteiger partial charge in [0.05, 0.1) is 12.7 Å². The molecule has 0 aromatic heterocycles. The number of benzene rings is 2. The molecule has 29 heavy (non-hydrogen) atoms. The Kier molecular flexibility index (Phi) is 7.24. The van der Waals surface area contributed by atoms with Crippen LogP contribution in [0, 0.1) is 0 Å². The fraction of sp³-hybridized carbons (Fsp3) is 0.250. The number of esters is 1. The van der Waals surface area contributed by atoms with Crippen LogP contribution in [0.3, 0.4) is 0 Å². The van der Waals surface area contributed by atoms with E-state index in [-0.39, 0.29) is 22.8 Å². The topological polar surface area (TPSA) is 90.9 Å². The highest BCUT2D eigenvalue weighted by molar-refractivity contribution is 5.98. The van der Waals surface area contributed by atoms with Gasteiger partial charge in [-0.2, -0.15) is 8.78 Å². The molecule has 2 rings (SSSR count). The van der Waals surface area contributed by atoms with Gasteiger partial charge >= 0.3 is 12.6 Å². The van der Waals surface area contributed by atoms with E-state index < -0.39 is 24.6 Å². The van der Waals surface area contributed by atoms with Gasteiger partial charge in [-0.25, -0.2) is 4.79 Å². The lowest BCUT2D eigenvalue weighted by Gasteiger charge is -2.15. The second-order valence-corrected chi connectivity index (χ2v) is 5.91. The molecule has 0 radical (unpaired) electrons. The van der Waals surface area contributed by atoms with Crippen molar-refractivity contribution in [2.24, 2.45) is 0 Å². The lowest BCUT2D eigenvalue weighted by atomic mass is 10.1. The number of rotatable bonds is 8. The summed E-state index contributed by atoms with van der Waals surface area (Å²) in [6.45, 7) is -0.242. The summed E-state index contributed by atoms with van der Waals surface area (Å²) in [5.41, 5.74) is 0.919. The van der Waals surface area contributed by atoms with E-state index in [1.165, 1.54) is 33.1 Å². The quantitative estimate of drug-likeness (QED) is 0.530. The van der Waals surface area contributed by atoms with Gasteiger partial charge in [0.1, 0.15) is 0 Å². The van der Waals surface area contributed by atoms with Crippen LogP contribution in [0.4, 0.5) is 14.5 Å². The third kappa shape index (κ3) is 6.00.